The summed E-state index contributed by atoms with van der Waals surface area (Å²) in [6.45, 7) is 0.313. The van der Waals surface area contributed by atoms with Gasteiger partial charge in [0.05, 0.1) is 25.4 Å². The van der Waals surface area contributed by atoms with Gasteiger partial charge < -0.3 is 19.9 Å². The zero-order valence-electron chi connectivity index (χ0n) is 17.9. The number of amides is 1. The number of hydrogen-bond donors (Lipinski definition) is 3. The predicted molar refractivity (Wildman–Crippen MR) is 120 cm³/mol. The van der Waals surface area contributed by atoms with Gasteiger partial charge in [0.1, 0.15) is 18.0 Å². The summed E-state index contributed by atoms with van der Waals surface area (Å²) in [7, 11) is -3.40. The van der Waals surface area contributed by atoms with Crippen molar-refractivity contribution in [3.05, 3.63) is 59.7 Å². The molecule has 0 aliphatic carbocycles. The van der Waals surface area contributed by atoms with Crippen molar-refractivity contribution in [1.29, 1.82) is 0 Å². The van der Waals surface area contributed by atoms with Gasteiger partial charge in [0.25, 0.3) is 0 Å². The number of anilines is 1. The van der Waals surface area contributed by atoms with Crippen LogP contribution in [0.5, 0.6) is 5.75 Å². The molecule has 9 heteroatoms. The van der Waals surface area contributed by atoms with Gasteiger partial charge in [-0.2, -0.15) is 0 Å². The Morgan fingerprint density at radius 2 is 1.97 bits per heavy atom. The Bertz CT molecular complexity index is 1060. The Hall–Kier alpha value is -2.62. The highest BCUT2D eigenvalue weighted by Crippen LogP contribution is 2.47. The first-order valence-corrected chi connectivity index (χ1v) is 12.6. The maximum absolute atomic E-state index is 12.5. The minimum Gasteiger partial charge on any atom is -0.487 e. The Morgan fingerprint density at radius 3 is 2.69 bits per heavy atom. The van der Waals surface area contributed by atoms with Crippen molar-refractivity contribution in [1.82, 2.24) is 5.32 Å². The van der Waals surface area contributed by atoms with Crippen molar-refractivity contribution >= 4 is 21.6 Å². The zero-order valence-corrected chi connectivity index (χ0v) is 18.7. The van der Waals surface area contributed by atoms with Gasteiger partial charge in [-0.25, -0.2) is 8.42 Å². The van der Waals surface area contributed by atoms with Crippen LogP contribution in [0.15, 0.2) is 48.5 Å². The van der Waals surface area contributed by atoms with E-state index in [9.17, 15) is 18.3 Å². The predicted octanol–water partition coefficient (Wildman–Crippen LogP) is 1.80. The van der Waals surface area contributed by atoms with E-state index in [-0.39, 0.29) is 37.1 Å². The Balaban J connectivity index is 1.40. The molecule has 8 nitrogen and oxygen atoms in total. The minimum atomic E-state index is -3.40. The number of ether oxygens (including phenoxy) is 2. The van der Waals surface area contributed by atoms with E-state index in [1.165, 1.54) is 0 Å². The highest BCUT2D eigenvalue weighted by atomic mass is 32.2. The van der Waals surface area contributed by atoms with E-state index >= 15 is 0 Å². The van der Waals surface area contributed by atoms with Crippen LogP contribution >= 0.6 is 0 Å². The van der Waals surface area contributed by atoms with Crippen molar-refractivity contribution in [2.24, 2.45) is 0 Å². The fourth-order valence-electron chi connectivity index (χ4n) is 4.44. The van der Waals surface area contributed by atoms with Crippen molar-refractivity contribution in [2.45, 2.75) is 43.5 Å². The molecule has 0 spiro atoms. The highest BCUT2D eigenvalue weighted by molar-refractivity contribution is 7.92. The quantitative estimate of drug-likeness (QED) is 0.554. The van der Waals surface area contributed by atoms with E-state index in [0.29, 0.717) is 24.4 Å². The third-order valence-electron chi connectivity index (χ3n) is 5.79. The molecule has 0 aromatic heterocycles. The topological polar surface area (TPSA) is 114 Å². The number of nitrogens with one attached hydrogen (secondary N) is 2. The van der Waals surface area contributed by atoms with E-state index in [4.69, 9.17) is 9.47 Å². The first kappa shape index (κ1) is 22.6. The van der Waals surface area contributed by atoms with Crippen LogP contribution in [0.4, 0.5) is 5.69 Å². The van der Waals surface area contributed by atoms with E-state index < -0.39 is 16.1 Å². The maximum Gasteiger partial charge on any atom is 0.229 e. The number of rotatable bonds is 8. The second-order valence-corrected chi connectivity index (χ2v) is 10.1. The molecule has 0 saturated carbocycles. The summed E-state index contributed by atoms with van der Waals surface area (Å²) < 4.78 is 37.7. The largest absolute Gasteiger partial charge is 0.487 e. The third-order valence-corrected chi connectivity index (χ3v) is 6.40. The number of carbonyl (C=O) groups excluding carboxylic acids is 1. The molecule has 1 fully saturated rings. The van der Waals surface area contributed by atoms with Gasteiger partial charge in [-0.05, 0) is 36.6 Å². The summed E-state index contributed by atoms with van der Waals surface area (Å²) in [5.74, 6) is 0.445. The second-order valence-electron chi connectivity index (χ2n) is 8.32. The average molecular weight is 461 g/mol. The lowest BCUT2D eigenvalue weighted by atomic mass is 9.84. The lowest BCUT2D eigenvalue weighted by Crippen LogP contribution is -2.47. The molecule has 4 rings (SSSR count). The molecule has 2 heterocycles. The summed E-state index contributed by atoms with van der Waals surface area (Å²) in [5, 5.41) is 12.8. The van der Waals surface area contributed by atoms with Crippen molar-refractivity contribution in [3.8, 4) is 5.75 Å². The molecule has 0 unspecified atom stereocenters. The lowest BCUT2D eigenvalue weighted by molar-refractivity contribution is -0.142. The van der Waals surface area contributed by atoms with Crippen LogP contribution in [0.2, 0.25) is 0 Å². The van der Waals surface area contributed by atoms with Gasteiger partial charge in [0.15, 0.2) is 0 Å². The normalized spacial score (nSPS) is 24.2. The fraction of sp³-hybridized carbons (Fsp3) is 0.435. The lowest BCUT2D eigenvalue weighted by Gasteiger charge is -2.37. The maximum atomic E-state index is 12.5. The van der Waals surface area contributed by atoms with E-state index in [2.05, 4.69) is 10.0 Å². The number of fused-ring (bicyclic) bond motifs is 3. The molecular formula is C23H28N2O6S. The highest BCUT2D eigenvalue weighted by Gasteiger charge is 2.46. The molecule has 2 aromatic carbocycles. The van der Waals surface area contributed by atoms with Gasteiger partial charge in [-0.3, -0.25) is 9.52 Å². The number of sulfonamides is 1. The first-order valence-electron chi connectivity index (χ1n) is 10.7. The molecule has 1 saturated heterocycles. The monoisotopic (exact) mass is 460 g/mol. The van der Waals surface area contributed by atoms with Crippen LogP contribution in [0.1, 0.15) is 29.9 Å². The van der Waals surface area contributed by atoms with Crippen molar-refractivity contribution in [3.63, 3.8) is 0 Å². The molecule has 3 N–H and O–H groups in total. The number of aliphatic hydroxyl groups is 1. The molecule has 32 heavy (non-hydrogen) atoms. The molecule has 2 aliphatic heterocycles. The summed E-state index contributed by atoms with van der Waals surface area (Å²) in [5.41, 5.74) is 2.47. The second kappa shape index (κ2) is 9.48. The summed E-state index contributed by atoms with van der Waals surface area (Å²) in [4.78, 5) is 12.5. The Morgan fingerprint density at radius 1 is 1.19 bits per heavy atom. The number of benzene rings is 2. The van der Waals surface area contributed by atoms with Crippen LogP contribution in [-0.4, -0.2) is 57.2 Å². The smallest absolute Gasteiger partial charge is 0.229 e. The summed E-state index contributed by atoms with van der Waals surface area (Å²) in [6, 6.07) is 15.1. The Labute approximate surface area is 188 Å². The number of aliphatic hydroxyl groups excluding tert-OH is 1. The summed E-state index contributed by atoms with van der Waals surface area (Å²) in [6.07, 6.45) is 1.27. The molecule has 172 valence electrons. The van der Waals surface area contributed by atoms with Gasteiger partial charge in [0, 0.05) is 23.7 Å². The third kappa shape index (κ3) is 5.40. The van der Waals surface area contributed by atoms with Crippen molar-refractivity contribution < 1.29 is 27.8 Å². The van der Waals surface area contributed by atoms with Crippen LogP contribution < -0.4 is 14.8 Å². The van der Waals surface area contributed by atoms with Gasteiger partial charge in [-0.1, -0.05) is 30.3 Å². The van der Waals surface area contributed by atoms with E-state index in [0.717, 1.165) is 23.8 Å². The minimum absolute atomic E-state index is 0.0978. The summed E-state index contributed by atoms with van der Waals surface area (Å²) >= 11 is 0. The fourth-order valence-corrected chi connectivity index (χ4v) is 4.99. The standard InChI is InChI=1S/C23H28N2O6S/c1-32(28,29)25-16-7-8-20-18(11-16)19-12-17(30-21(14-26)23(19)31-20)13-22(27)24-10-9-15-5-3-2-4-6-15/h2-8,11,17,19,21,23,25-26H,9-10,12-14H2,1H3,(H,24,27)/t17-,19+,21-,23-/m0/s1. The van der Waals surface area contributed by atoms with Crippen LogP contribution in [0.25, 0.3) is 0 Å². The van der Waals surface area contributed by atoms with Gasteiger partial charge in [0.2, 0.25) is 15.9 Å². The van der Waals surface area contributed by atoms with Crippen molar-refractivity contribution in [2.75, 3.05) is 24.1 Å². The van der Waals surface area contributed by atoms with Crippen LogP contribution in [0, 0.1) is 0 Å². The van der Waals surface area contributed by atoms with E-state index in [1.54, 1.807) is 18.2 Å². The molecule has 2 aromatic rings. The molecule has 2 aliphatic rings. The van der Waals surface area contributed by atoms with Gasteiger partial charge in [-0.15, -0.1) is 0 Å². The van der Waals surface area contributed by atoms with Gasteiger partial charge >= 0.3 is 0 Å². The average Bonchev–Trinajstić information content (AvgIpc) is 3.11. The zero-order chi connectivity index (χ0) is 22.7. The first-order chi connectivity index (χ1) is 15.3. The molecular weight excluding hydrogens is 432 g/mol. The van der Waals surface area contributed by atoms with E-state index in [1.807, 2.05) is 30.3 Å². The Kier molecular flexibility index (Phi) is 6.68. The molecule has 4 atom stereocenters. The number of hydrogen-bond acceptors (Lipinski definition) is 6. The van der Waals surface area contributed by atoms with Crippen LogP contribution in [-0.2, 0) is 26.0 Å². The molecule has 0 bridgehead atoms. The molecule has 1 amide bonds. The van der Waals surface area contributed by atoms with Crippen LogP contribution in [0.3, 0.4) is 0 Å². The SMILES string of the molecule is CS(=O)(=O)Nc1ccc2c(c1)[C@H]1C[C@@H](CC(=O)NCCc3ccccc3)O[C@@H](CO)[C@H]1O2. The molecule has 0 radical (unpaired) electrons. The number of carbonyl (C=O) groups is 1.